The molecule has 0 spiro atoms. The molecule has 1 aromatic carbocycles. The molecule has 1 fully saturated rings. The second-order valence-corrected chi connectivity index (χ2v) is 6.51. The third kappa shape index (κ3) is 6.54. The van der Waals surface area contributed by atoms with Gasteiger partial charge < -0.3 is 20.7 Å². The Morgan fingerprint density at radius 2 is 2.15 bits per heavy atom. The first-order chi connectivity index (χ1) is 12.5. The smallest absolute Gasteiger partial charge is 0.407 e. The molecule has 7 heteroatoms. The molecule has 0 radical (unpaired) electrons. The Labute approximate surface area is 154 Å². The lowest BCUT2D eigenvalue weighted by molar-refractivity contribution is 0.146. The average Bonchev–Trinajstić information content (AvgIpc) is 3.43. The van der Waals surface area contributed by atoms with E-state index in [1.165, 1.54) is 6.07 Å². The number of carbonyl (C=O) groups is 1. The first-order valence-corrected chi connectivity index (χ1v) is 9.16. The van der Waals surface area contributed by atoms with E-state index in [2.05, 4.69) is 20.9 Å². The molecule has 1 aliphatic rings. The summed E-state index contributed by atoms with van der Waals surface area (Å²) in [6, 6.07) is 4.88. The largest absolute Gasteiger partial charge is 0.450 e. The van der Waals surface area contributed by atoms with Gasteiger partial charge in [0.2, 0.25) is 0 Å². The van der Waals surface area contributed by atoms with Gasteiger partial charge >= 0.3 is 6.09 Å². The van der Waals surface area contributed by atoms with Crippen LogP contribution < -0.4 is 16.0 Å². The highest BCUT2D eigenvalue weighted by Gasteiger charge is 2.32. The molecular formula is C19H29FN4O2. The highest BCUT2D eigenvalue weighted by atomic mass is 19.1. The number of aliphatic imine (C=N–C) groups is 1. The number of nitrogens with zero attached hydrogens (tertiary/aromatic N) is 1. The monoisotopic (exact) mass is 364 g/mol. The Morgan fingerprint density at radius 3 is 2.77 bits per heavy atom. The van der Waals surface area contributed by atoms with Gasteiger partial charge in [-0.2, -0.15) is 0 Å². The van der Waals surface area contributed by atoms with Crippen LogP contribution in [-0.4, -0.2) is 44.8 Å². The molecule has 1 aromatic rings. The van der Waals surface area contributed by atoms with Gasteiger partial charge in [-0.3, -0.25) is 4.99 Å². The van der Waals surface area contributed by atoms with E-state index in [9.17, 15) is 9.18 Å². The number of aryl methyl sites for hydroxylation is 1. The van der Waals surface area contributed by atoms with Gasteiger partial charge in [0, 0.05) is 20.1 Å². The number of nitrogens with one attached hydrogen (secondary N) is 3. The Bertz CT molecular complexity index is 632. The quantitative estimate of drug-likeness (QED) is 0.489. The second kappa shape index (κ2) is 9.99. The Kier molecular flexibility index (Phi) is 7.69. The Hall–Kier alpha value is -2.31. The molecule has 1 saturated carbocycles. The summed E-state index contributed by atoms with van der Waals surface area (Å²) in [5.41, 5.74) is 2.05. The zero-order chi connectivity index (χ0) is 18.9. The first kappa shape index (κ1) is 20.0. The number of carbonyl (C=O) groups excluding carboxylic acids is 1. The first-order valence-electron chi connectivity index (χ1n) is 9.16. The summed E-state index contributed by atoms with van der Waals surface area (Å²) >= 11 is 0. The van der Waals surface area contributed by atoms with Crippen molar-refractivity contribution in [2.24, 2.45) is 10.9 Å². The number of amides is 1. The molecule has 0 aromatic heterocycles. The fourth-order valence-electron chi connectivity index (χ4n) is 2.84. The SMILES string of the molecule is CCOC(=O)NC(CNC(=NC)NCCc1ccc(F)cc1C)C1CC1. The minimum absolute atomic E-state index is 0.0342. The van der Waals surface area contributed by atoms with Crippen molar-refractivity contribution >= 4 is 12.1 Å². The normalized spacial score (nSPS) is 15.3. The van der Waals surface area contributed by atoms with Crippen molar-refractivity contribution < 1.29 is 13.9 Å². The zero-order valence-corrected chi connectivity index (χ0v) is 15.8. The Morgan fingerprint density at radius 1 is 1.38 bits per heavy atom. The highest BCUT2D eigenvalue weighted by Crippen LogP contribution is 2.32. The Balaban J connectivity index is 1.76. The topological polar surface area (TPSA) is 74.8 Å². The summed E-state index contributed by atoms with van der Waals surface area (Å²) in [4.78, 5) is 15.9. The van der Waals surface area contributed by atoms with Crippen LogP contribution in [0.1, 0.15) is 30.9 Å². The summed E-state index contributed by atoms with van der Waals surface area (Å²) in [6.07, 6.45) is 2.64. The van der Waals surface area contributed by atoms with Crippen LogP contribution in [-0.2, 0) is 11.2 Å². The molecule has 144 valence electrons. The van der Waals surface area contributed by atoms with Gasteiger partial charge in [-0.1, -0.05) is 6.07 Å². The fourth-order valence-corrected chi connectivity index (χ4v) is 2.84. The van der Waals surface area contributed by atoms with Crippen molar-refractivity contribution in [1.82, 2.24) is 16.0 Å². The summed E-state index contributed by atoms with van der Waals surface area (Å²) in [5.74, 6) is 0.963. The van der Waals surface area contributed by atoms with Crippen LogP contribution >= 0.6 is 0 Å². The number of hydrogen-bond acceptors (Lipinski definition) is 3. The molecule has 3 N–H and O–H groups in total. The molecule has 1 unspecified atom stereocenters. The van der Waals surface area contributed by atoms with Crippen molar-refractivity contribution in [1.29, 1.82) is 0 Å². The number of guanidine groups is 1. The standard InChI is InChI=1S/C19H29FN4O2/c1-4-26-19(25)24-17(15-5-6-15)12-23-18(21-3)22-10-9-14-7-8-16(20)11-13(14)2/h7-8,11,15,17H,4-6,9-10,12H2,1-3H3,(H,24,25)(H2,21,22,23). The maximum Gasteiger partial charge on any atom is 0.407 e. The average molecular weight is 364 g/mol. The minimum atomic E-state index is -0.374. The molecule has 0 saturated heterocycles. The fraction of sp³-hybridized carbons (Fsp3) is 0.579. The molecule has 6 nitrogen and oxygen atoms in total. The summed E-state index contributed by atoms with van der Waals surface area (Å²) in [6.45, 7) is 5.35. The van der Waals surface area contributed by atoms with Crippen molar-refractivity contribution in [2.75, 3.05) is 26.7 Å². The van der Waals surface area contributed by atoms with Crippen molar-refractivity contribution in [3.63, 3.8) is 0 Å². The van der Waals surface area contributed by atoms with Crippen LogP contribution in [0.15, 0.2) is 23.2 Å². The third-order valence-corrected chi connectivity index (χ3v) is 4.47. The molecule has 1 aliphatic carbocycles. The van der Waals surface area contributed by atoms with Crippen LogP contribution in [0.2, 0.25) is 0 Å². The van der Waals surface area contributed by atoms with Crippen LogP contribution in [0.5, 0.6) is 0 Å². The van der Waals surface area contributed by atoms with Crippen molar-refractivity contribution in [3.8, 4) is 0 Å². The number of halogens is 1. The second-order valence-electron chi connectivity index (χ2n) is 6.51. The summed E-state index contributed by atoms with van der Waals surface area (Å²) < 4.78 is 18.1. The lowest BCUT2D eigenvalue weighted by Crippen LogP contribution is -2.48. The lowest BCUT2D eigenvalue weighted by Gasteiger charge is -2.20. The molecule has 1 amide bonds. The van der Waals surface area contributed by atoms with Crippen LogP contribution in [0.4, 0.5) is 9.18 Å². The zero-order valence-electron chi connectivity index (χ0n) is 15.8. The molecule has 2 rings (SSSR count). The van der Waals surface area contributed by atoms with Gasteiger partial charge in [0.25, 0.3) is 0 Å². The predicted octanol–water partition coefficient (Wildman–Crippen LogP) is 2.37. The number of hydrogen-bond donors (Lipinski definition) is 3. The molecule has 26 heavy (non-hydrogen) atoms. The van der Waals surface area contributed by atoms with Gasteiger partial charge in [-0.15, -0.1) is 0 Å². The molecule has 1 atom stereocenters. The van der Waals surface area contributed by atoms with Crippen molar-refractivity contribution in [2.45, 2.75) is 39.2 Å². The molecular weight excluding hydrogens is 335 g/mol. The van der Waals surface area contributed by atoms with E-state index < -0.39 is 0 Å². The van der Waals surface area contributed by atoms with E-state index in [0.717, 1.165) is 30.4 Å². The van der Waals surface area contributed by atoms with Gasteiger partial charge in [0.1, 0.15) is 5.82 Å². The van der Waals surface area contributed by atoms with Gasteiger partial charge in [0.05, 0.1) is 12.6 Å². The lowest BCUT2D eigenvalue weighted by atomic mass is 10.1. The number of alkyl carbamates (subject to hydrolysis) is 1. The van der Waals surface area contributed by atoms with E-state index in [-0.39, 0.29) is 18.0 Å². The van der Waals surface area contributed by atoms with E-state index in [4.69, 9.17) is 4.74 Å². The van der Waals surface area contributed by atoms with Crippen LogP contribution in [0.25, 0.3) is 0 Å². The van der Waals surface area contributed by atoms with Gasteiger partial charge in [0.15, 0.2) is 5.96 Å². The maximum atomic E-state index is 13.2. The summed E-state index contributed by atoms with van der Waals surface area (Å²) in [5, 5.41) is 9.42. The highest BCUT2D eigenvalue weighted by molar-refractivity contribution is 5.79. The third-order valence-electron chi connectivity index (χ3n) is 4.47. The van der Waals surface area contributed by atoms with E-state index in [0.29, 0.717) is 31.6 Å². The molecule has 0 aliphatic heterocycles. The van der Waals surface area contributed by atoms with Crippen molar-refractivity contribution in [3.05, 3.63) is 35.1 Å². The molecule has 0 heterocycles. The van der Waals surface area contributed by atoms with Gasteiger partial charge in [-0.05, 0) is 62.3 Å². The number of rotatable bonds is 8. The summed E-state index contributed by atoms with van der Waals surface area (Å²) in [7, 11) is 1.71. The number of ether oxygens (including phenoxy) is 1. The maximum absolute atomic E-state index is 13.2. The van der Waals surface area contributed by atoms with E-state index in [1.54, 1.807) is 20.0 Å². The molecule has 0 bridgehead atoms. The van der Waals surface area contributed by atoms with Gasteiger partial charge in [-0.25, -0.2) is 9.18 Å². The van der Waals surface area contributed by atoms with E-state index >= 15 is 0 Å². The predicted molar refractivity (Wildman–Crippen MR) is 101 cm³/mol. The minimum Gasteiger partial charge on any atom is -0.450 e. The van der Waals surface area contributed by atoms with Crippen LogP contribution in [0, 0.1) is 18.7 Å². The van der Waals surface area contributed by atoms with E-state index in [1.807, 2.05) is 13.0 Å². The number of benzene rings is 1. The van der Waals surface area contributed by atoms with Crippen LogP contribution in [0.3, 0.4) is 0 Å².